The van der Waals surface area contributed by atoms with E-state index < -0.39 is 0 Å². The predicted octanol–water partition coefficient (Wildman–Crippen LogP) is 3.37. The summed E-state index contributed by atoms with van der Waals surface area (Å²) in [7, 11) is 0. The molecule has 3 aliphatic rings. The Hall–Kier alpha value is -1.75. The van der Waals surface area contributed by atoms with Gasteiger partial charge >= 0.3 is 0 Å². The van der Waals surface area contributed by atoms with E-state index in [0.717, 1.165) is 18.7 Å². The summed E-state index contributed by atoms with van der Waals surface area (Å²) in [4.78, 5) is 15.3. The number of piperidine rings is 1. The van der Waals surface area contributed by atoms with Gasteiger partial charge in [-0.15, -0.1) is 0 Å². The highest BCUT2D eigenvalue weighted by Crippen LogP contribution is 2.31. The van der Waals surface area contributed by atoms with Crippen molar-refractivity contribution in [3.8, 4) is 11.5 Å². The average molecular weight is 358 g/mol. The molecular weight excluding hydrogens is 328 g/mol. The standard InChI is InChI=1S/C21H30N2O3/c24-21(16-9-10-19-20(14-16)26-13-12-25-19)22-17-6-5-11-23(15-17)18-7-3-1-2-4-8-18/h9-10,14,17-18H,1-8,11-13,15H2,(H,22,24)/t17-/m0/s1. The minimum Gasteiger partial charge on any atom is -0.486 e. The number of hydrogen-bond donors (Lipinski definition) is 1. The maximum atomic E-state index is 12.7. The van der Waals surface area contributed by atoms with E-state index in [9.17, 15) is 4.79 Å². The molecule has 1 N–H and O–H groups in total. The molecule has 2 aliphatic heterocycles. The Morgan fingerprint density at radius 3 is 2.54 bits per heavy atom. The second-order valence-electron chi connectivity index (χ2n) is 7.81. The molecule has 0 bridgehead atoms. The van der Waals surface area contributed by atoms with E-state index in [-0.39, 0.29) is 11.9 Å². The van der Waals surface area contributed by atoms with Crippen LogP contribution >= 0.6 is 0 Å². The quantitative estimate of drug-likeness (QED) is 0.842. The fraction of sp³-hybridized carbons (Fsp3) is 0.667. The highest BCUT2D eigenvalue weighted by molar-refractivity contribution is 5.95. The number of carbonyl (C=O) groups is 1. The van der Waals surface area contributed by atoms with Gasteiger partial charge in [0.1, 0.15) is 13.2 Å². The maximum absolute atomic E-state index is 12.7. The molecule has 5 nitrogen and oxygen atoms in total. The van der Waals surface area contributed by atoms with Crippen LogP contribution in [-0.2, 0) is 0 Å². The largest absolute Gasteiger partial charge is 0.486 e. The van der Waals surface area contributed by atoms with E-state index in [1.165, 1.54) is 51.5 Å². The van der Waals surface area contributed by atoms with E-state index in [0.29, 0.717) is 30.6 Å². The van der Waals surface area contributed by atoms with Crippen LogP contribution < -0.4 is 14.8 Å². The van der Waals surface area contributed by atoms with Crippen molar-refractivity contribution in [1.29, 1.82) is 0 Å². The number of fused-ring (bicyclic) bond motifs is 1. The number of ether oxygens (including phenoxy) is 2. The Kier molecular flexibility index (Phi) is 5.63. The molecule has 5 heteroatoms. The second kappa shape index (κ2) is 8.30. The normalized spacial score (nSPS) is 24.7. The van der Waals surface area contributed by atoms with E-state index in [2.05, 4.69) is 10.2 Å². The summed E-state index contributed by atoms with van der Waals surface area (Å²) in [5.74, 6) is 1.40. The molecule has 2 heterocycles. The van der Waals surface area contributed by atoms with Gasteiger partial charge in [-0.1, -0.05) is 25.7 Å². The van der Waals surface area contributed by atoms with Crippen molar-refractivity contribution in [2.45, 2.75) is 63.5 Å². The molecule has 1 aliphatic carbocycles. The van der Waals surface area contributed by atoms with Gasteiger partial charge in [0.2, 0.25) is 0 Å². The number of likely N-dealkylation sites (tertiary alicyclic amines) is 1. The number of amides is 1. The lowest BCUT2D eigenvalue weighted by Gasteiger charge is -2.38. The van der Waals surface area contributed by atoms with Crippen molar-refractivity contribution in [3.05, 3.63) is 23.8 Å². The van der Waals surface area contributed by atoms with Gasteiger partial charge in [-0.3, -0.25) is 9.69 Å². The third kappa shape index (κ3) is 4.14. The smallest absolute Gasteiger partial charge is 0.251 e. The van der Waals surface area contributed by atoms with Gasteiger partial charge in [0, 0.05) is 24.2 Å². The Morgan fingerprint density at radius 2 is 1.73 bits per heavy atom. The predicted molar refractivity (Wildman–Crippen MR) is 101 cm³/mol. The first-order chi connectivity index (χ1) is 12.8. The van der Waals surface area contributed by atoms with Crippen molar-refractivity contribution < 1.29 is 14.3 Å². The molecule has 2 fully saturated rings. The molecule has 1 saturated heterocycles. The molecule has 26 heavy (non-hydrogen) atoms. The molecule has 0 spiro atoms. The van der Waals surface area contributed by atoms with Crippen molar-refractivity contribution in [3.63, 3.8) is 0 Å². The highest BCUT2D eigenvalue weighted by Gasteiger charge is 2.27. The lowest BCUT2D eigenvalue weighted by Crippen LogP contribution is -2.50. The van der Waals surface area contributed by atoms with Gasteiger partial charge in [0.05, 0.1) is 0 Å². The highest BCUT2D eigenvalue weighted by atomic mass is 16.6. The minimum atomic E-state index is -0.00492. The fourth-order valence-electron chi connectivity index (χ4n) is 4.53. The van der Waals surface area contributed by atoms with Crippen molar-refractivity contribution in [2.24, 2.45) is 0 Å². The molecule has 1 atom stereocenters. The summed E-state index contributed by atoms with van der Waals surface area (Å²) in [6.07, 6.45) is 10.4. The summed E-state index contributed by atoms with van der Waals surface area (Å²) in [5, 5.41) is 3.25. The first-order valence-electron chi connectivity index (χ1n) is 10.2. The van der Waals surface area contributed by atoms with Crippen LogP contribution in [0.4, 0.5) is 0 Å². The van der Waals surface area contributed by atoms with Crippen LogP contribution in [0.5, 0.6) is 11.5 Å². The Balaban J connectivity index is 1.36. The summed E-state index contributed by atoms with van der Waals surface area (Å²) < 4.78 is 11.1. The molecule has 1 aromatic rings. The second-order valence-corrected chi connectivity index (χ2v) is 7.81. The van der Waals surface area contributed by atoms with Crippen LogP contribution in [0.1, 0.15) is 61.7 Å². The zero-order valence-corrected chi connectivity index (χ0v) is 15.5. The molecule has 1 saturated carbocycles. The van der Waals surface area contributed by atoms with E-state index in [4.69, 9.17) is 9.47 Å². The van der Waals surface area contributed by atoms with Gasteiger partial charge in [-0.25, -0.2) is 0 Å². The first kappa shape index (κ1) is 17.7. The molecule has 1 aromatic carbocycles. The van der Waals surface area contributed by atoms with Gasteiger partial charge in [-0.05, 0) is 50.4 Å². The summed E-state index contributed by atoms with van der Waals surface area (Å²) in [6.45, 7) is 3.27. The van der Waals surface area contributed by atoms with Gasteiger partial charge < -0.3 is 14.8 Å². The number of nitrogens with one attached hydrogen (secondary N) is 1. The molecule has 0 unspecified atom stereocenters. The zero-order chi connectivity index (χ0) is 17.8. The first-order valence-corrected chi connectivity index (χ1v) is 10.2. The third-order valence-corrected chi connectivity index (χ3v) is 5.93. The summed E-state index contributed by atoms with van der Waals surface area (Å²) in [5.41, 5.74) is 0.654. The SMILES string of the molecule is O=C(N[C@H]1CCCN(C2CCCCCC2)C1)c1ccc2c(c1)OCCO2. The number of benzene rings is 1. The summed E-state index contributed by atoms with van der Waals surface area (Å²) in [6, 6.07) is 6.42. The van der Waals surface area contributed by atoms with Crippen LogP contribution in [0.25, 0.3) is 0 Å². The molecule has 4 rings (SSSR count). The van der Waals surface area contributed by atoms with Gasteiger partial charge in [0.25, 0.3) is 5.91 Å². The van der Waals surface area contributed by atoms with Gasteiger partial charge in [-0.2, -0.15) is 0 Å². The molecule has 0 radical (unpaired) electrons. The minimum absolute atomic E-state index is 0.00492. The number of nitrogens with zero attached hydrogens (tertiary/aromatic N) is 1. The Labute approximate surface area is 156 Å². The van der Waals surface area contributed by atoms with E-state index in [1.54, 1.807) is 6.07 Å². The summed E-state index contributed by atoms with van der Waals surface area (Å²) >= 11 is 0. The Morgan fingerprint density at radius 1 is 0.962 bits per heavy atom. The average Bonchev–Trinajstić information content (AvgIpc) is 2.97. The number of hydrogen-bond acceptors (Lipinski definition) is 4. The Bertz CT molecular complexity index is 626. The molecule has 1 amide bonds. The molecule has 142 valence electrons. The van der Waals surface area contributed by atoms with Crippen LogP contribution in [0.3, 0.4) is 0 Å². The third-order valence-electron chi connectivity index (χ3n) is 5.93. The molecular formula is C21H30N2O3. The van der Waals surface area contributed by atoms with Crippen LogP contribution in [-0.4, -0.2) is 49.2 Å². The van der Waals surface area contributed by atoms with E-state index in [1.807, 2.05) is 12.1 Å². The molecule has 0 aromatic heterocycles. The van der Waals surface area contributed by atoms with Crippen molar-refractivity contribution >= 4 is 5.91 Å². The van der Waals surface area contributed by atoms with Crippen LogP contribution in [0.2, 0.25) is 0 Å². The van der Waals surface area contributed by atoms with Crippen LogP contribution in [0.15, 0.2) is 18.2 Å². The number of carbonyl (C=O) groups excluding carboxylic acids is 1. The topological polar surface area (TPSA) is 50.8 Å². The zero-order valence-electron chi connectivity index (χ0n) is 15.5. The van der Waals surface area contributed by atoms with Gasteiger partial charge in [0.15, 0.2) is 11.5 Å². The van der Waals surface area contributed by atoms with Crippen molar-refractivity contribution in [1.82, 2.24) is 10.2 Å². The lowest BCUT2D eigenvalue weighted by molar-refractivity contribution is 0.0859. The fourth-order valence-corrected chi connectivity index (χ4v) is 4.53. The van der Waals surface area contributed by atoms with E-state index >= 15 is 0 Å². The number of rotatable bonds is 3. The maximum Gasteiger partial charge on any atom is 0.251 e. The lowest BCUT2D eigenvalue weighted by atomic mass is 9.99. The van der Waals surface area contributed by atoms with Crippen LogP contribution in [0, 0.1) is 0 Å². The monoisotopic (exact) mass is 358 g/mol. The van der Waals surface area contributed by atoms with Crippen molar-refractivity contribution in [2.75, 3.05) is 26.3 Å².